The Morgan fingerprint density at radius 2 is 2.03 bits per heavy atom. The fourth-order valence-electron chi connectivity index (χ4n) is 3.91. The van der Waals surface area contributed by atoms with Gasteiger partial charge in [-0.3, -0.25) is 9.78 Å². The van der Waals surface area contributed by atoms with Crippen LogP contribution in [-0.2, 0) is 21.5 Å². The Labute approximate surface area is 178 Å². The molecule has 0 bridgehead atoms. The summed E-state index contributed by atoms with van der Waals surface area (Å²) < 4.78 is 7.47. The Kier molecular flexibility index (Phi) is 6.45. The summed E-state index contributed by atoms with van der Waals surface area (Å²) in [5.74, 6) is 1.21. The Morgan fingerprint density at radius 1 is 1.33 bits per heavy atom. The molecule has 1 aliphatic rings. The first-order valence-corrected chi connectivity index (χ1v) is 10.6. The summed E-state index contributed by atoms with van der Waals surface area (Å²) in [5.41, 5.74) is -0.132. The second kappa shape index (κ2) is 8.71. The molecular formula is C22H33N5O3. The van der Waals surface area contributed by atoms with E-state index < -0.39 is 5.41 Å². The molecule has 164 valence electrons. The van der Waals surface area contributed by atoms with Gasteiger partial charge >= 0.3 is 5.97 Å². The van der Waals surface area contributed by atoms with Crippen LogP contribution in [0.15, 0.2) is 24.7 Å². The average molecular weight is 416 g/mol. The van der Waals surface area contributed by atoms with E-state index in [0.29, 0.717) is 37.9 Å². The van der Waals surface area contributed by atoms with Crippen molar-refractivity contribution < 1.29 is 14.6 Å². The van der Waals surface area contributed by atoms with Gasteiger partial charge in [0.15, 0.2) is 0 Å². The maximum atomic E-state index is 13.0. The van der Waals surface area contributed by atoms with Gasteiger partial charge in [-0.05, 0) is 60.3 Å². The third kappa shape index (κ3) is 5.16. The average Bonchev–Trinajstić information content (AvgIpc) is 3.12. The van der Waals surface area contributed by atoms with E-state index in [1.165, 1.54) is 0 Å². The van der Waals surface area contributed by atoms with Gasteiger partial charge in [-0.2, -0.15) is 5.10 Å². The number of ether oxygens (including phenoxy) is 1. The number of nitrogens with one attached hydrogen (secondary N) is 1. The lowest BCUT2D eigenvalue weighted by atomic mass is 9.70. The SMILES string of the molecule is CC(C)OC(=O)[C@]1(Cc2cncc(Nc3ccnn3C(C)(C)C)n2)CC[C@H](O)CC1. The summed E-state index contributed by atoms with van der Waals surface area (Å²) in [6, 6.07) is 1.89. The van der Waals surface area contributed by atoms with Gasteiger partial charge in [0.2, 0.25) is 0 Å². The molecule has 0 aliphatic heterocycles. The second-order valence-electron chi connectivity index (χ2n) is 9.46. The van der Waals surface area contributed by atoms with Crippen molar-refractivity contribution in [1.29, 1.82) is 0 Å². The highest BCUT2D eigenvalue weighted by molar-refractivity contribution is 5.77. The van der Waals surface area contributed by atoms with Crippen LogP contribution in [0.3, 0.4) is 0 Å². The molecule has 8 nitrogen and oxygen atoms in total. The molecule has 3 rings (SSSR count). The Balaban J connectivity index is 1.82. The number of carbonyl (C=O) groups is 1. The van der Waals surface area contributed by atoms with E-state index >= 15 is 0 Å². The molecule has 0 unspecified atom stereocenters. The Hall–Kier alpha value is -2.48. The zero-order valence-electron chi connectivity index (χ0n) is 18.6. The molecule has 0 atom stereocenters. The lowest BCUT2D eigenvalue weighted by molar-refractivity contribution is -0.163. The summed E-state index contributed by atoms with van der Waals surface area (Å²) in [6.45, 7) is 9.94. The highest BCUT2D eigenvalue weighted by atomic mass is 16.5. The predicted octanol–water partition coefficient (Wildman–Crippen LogP) is 3.59. The topological polar surface area (TPSA) is 102 Å². The van der Waals surface area contributed by atoms with Crippen molar-refractivity contribution in [1.82, 2.24) is 19.7 Å². The van der Waals surface area contributed by atoms with Crippen molar-refractivity contribution in [2.24, 2.45) is 5.41 Å². The Morgan fingerprint density at radius 3 is 2.67 bits per heavy atom. The number of anilines is 2. The minimum Gasteiger partial charge on any atom is -0.463 e. The first kappa shape index (κ1) is 22.2. The number of rotatable bonds is 6. The zero-order chi connectivity index (χ0) is 21.9. The molecule has 2 aromatic rings. The van der Waals surface area contributed by atoms with Crippen LogP contribution < -0.4 is 5.32 Å². The van der Waals surface area contributed by atoms with Crippen LogP contribution in [0.1, 0.15) is 66.0 Å². The summed E-state index contributed by atoms with van der Waals surface area (Å²) in [5, 5.41) is 17.6. The number of hydrogen-bond acceptors (Lipinski definition) is 7. The molecular weight excluding hydrogens is 382 g/mol. The van der Waals surface area contributed by atoms with E-state index in [2.05, 4.69) is 36.2 Å². The summed E-state index contributed by atoms with van der Waals surface area (Å²) >= 11 is 0. The first-order valence-electron chi connectivity index (χ1n) is 10.6. The van der Waals surface area contributed by atoms with E-state index in [-0.39, 0.29) is 23.7 Å². The van der Waals surface area contributed by atoms with Crippen LogP contribution in [0, 0.1) is 5.41 Å². The molecule has 1 saturated carbocycles. The van der Waals surface area contributed by atoms with Crippen LogP contribution in [0.25, 0.3) is 0 Å². The normalized spacial score (nSPS) is 22.2. The lowest BCUT2D eigenvalue weighted by Gasteiger charge is -2.37. The van der Waals surface area contributed by atoms with E-state index in [0.717, 1.165) is 11.5 Å². The fourth-order valence-corrected chi connectivity index (χ4v) is 3.91. The third-order valence-electron chi connectivity index (χ3n) is 5.43. The second-order valence-corrected chi connectivity index (χ2v) is 9.46. The molecule has 8 heteroatoms. The van der Waals surface area contributed by atoms with Crippen molar-refractivity contribution in [3.05, 3.63) is 30.4 Å². The van der Waals surface area contributed by atoms with Gasteiger partial charge in [-0.25, -0.2) is 9.67 Å². The van der Waals surface area contributed by atoms with Crippen molar-refractivity contribution in [3.63, 3.8) is 0 Å². The van der Waals surface area contributed by atoms with Crippen molar-refractivity contribution in [3.8, 4) is 0 Å². The number of hydrogen-bond donors (Lipinski definition) is 2. The van der Waals surface area contributed by atoms with E-state index in [9.17, 15) is 9.90 Å². The highest BCUT2D eigenvalue weighted by Gasteiger charge is 2.43. The van der Waals surface area contributed by atoms with Gasteiger partial charge in [0.25, 0.3) is 0 Å². The van der Waals surface area contributed by atoms with Crippen LogP contribution in [0.2, 0.25) is 0 Å². The summed E-state index contributed by atoms with van der Waals surface area (Å²) in [7, 11) is 0. The van der Waals surface area contributed by atoms with Crippen molar-refractivity contribution >= 4 is 17.6 Å². The van der Waals surface area contributed by atoms with E-state index in [4.69, 9.17) is 9.72 Å². The molecule has 1 aliphatic carbocycles. The van der Waals surface area contributed by atoms with Gasteiger partial charge < -0.3 is 15.2 Å². The molecule has 0 amide bonds. The van der Waals surface area contributed by atoms with Crippen LogP contribution in [0.5, 0.6) is 0 Å². The number of aliphatic hydroxyl groups is 1. The highest BCUT2D eigenvalue weighted by Crippen LogP contribution is 2.40. The predicted molar refractivity (Wildman–Crippen MR) is 114 cm³/mol. The first-order chi connectivity index (χ1) is 14.1. The number of aliphatic hydroxyl groups excluding tert-OH is 1. The van der Waals surface area contributed by atoms with Crippen LogP contribution >= 0.6 is 0 Å². The van der Waals surface area contributed by atoms with E-state index in [1.807, 2.05) is 24.6 Å². The largest absolute Gasteiger partial charge is 0.463 e. The van der Waals surface area contributed by atoms with Crippen molar-refractivity contribution in [2.45, 2.75) is 84.5 Å². The molecule has 0 saturated heterocycles. The minimum atomic E-state index is -0.677. The van der Waals surface area contributed by atoms with E-state index in [1.54, 1.807) is 18.6 Å². The van der Waals surface area contributed by atoms with Crippen LogP contribution in [-0.4, -0.2) is 43.0 Å². The summed E-state index contributed by atoms with van der Waals surface area (Å²) in [4.78, 5) is 22.0. The number of esters is 1. The van der Waals surface area contributed by atoms with Gasteiger partial charge in [0.05, 0.1) is 41.2 Å². The maximum Gasteiger partial charge on any atom is 0.312 e. The molecule has 2 N–H and O–H groups in total. The zero-order valence-corrected chi connectivity index (χ0v) is 18.6. The molecule has 0 radical (unpaired) electrons. The quantitative estimate of drug-likeness (QED) is 0.695. The third-order valence-corrected chi connectivity index (χ3v) is 5.43. The molecule has 2 heterocycles. The fraction of sp³-hybridized carbons (Fsp3) is 0.636. The standard InChI is InChI=1S/C22H33N5O3/c1-15(2)30-20(29)22(9-6-17(28)7-10-22)12-16-13-23-14-18(25-16)26-19-8-11-24-27(19)21(3,4)5/h8,11,13-15,17,28H,6-7,9-10,12H2,1-5H3,(H,25,26)/t17-,22+. The molecule has 1 fully saturated rings. The van der Waals surface area contributed by atoms with Gasteiger partial charge in [0, 0.05) is 18.7 Å². The van der Waals surface area contributed by atoms with Crippen LogP contribution in [0.4, 0.5) is 11.6 Å². The van der Waals surface area contributed by atoms with Gasteiger partial charge in [-0.15, -0.1) is 0 Å². The molecule has 0 spiro atoms. The number of nitrogens with zero attached hydrogens (tertiary/aromatic N) is 4. The smallest absolute Gasteiger partial charge is 0.312 e. The number of carbonyl (C=O) groups excluding carboxylic acids is 1. The molecule has 0 aromatic carbocycles. The van der Waals surface area contributed by atoms with Crippen molar-refractivity contribution in [2.75, 3.05) is 5.32 Å². The lowest BCUT2D eigenvalue weighted by Crippen LogP contribution is -2.41. The minimum absolute atomic E-state index is 0.176. The van der Waals surface area contributed by atoms with Gasteiger partial charge in [0.1, 0.15) is 11.6 Å². The monoisotopic (exact) mass is 415 g/mol. The maximum absolute atomic E-state index is 13.0. The Bertz CT molecular complexity index is 864. The molecule has 2 aromatic heterocycles. The molecule has 30 heavy (non-hydrogen) atoms. The number of aromatic nitrogens is 4. The van der Waals surface area contributed by atoms with Gasteiger partial charge in [-0.1, -0.05) is 0 Å². The summed E-state index contributed by atoms with van der Waals surface area (Å²) in [6.07, 6.45) is 7.33.